The third kappa shape index (κ3) is 3.15. The molecule has 1 saturated heterocycles. The van der Waals surface area contributed by atoms with Crippen molar-refractivity contribution in [1.82, 2.24) is 4.90 Å². The van der Waals surface area contributed by atoms with Gasteiger partial charge in [-0.05, 0) is 44.4 Å². The van der Waals surface area contributed by atoms with Crippen LogP contribution in [0, 0.1) is 0 Å². The molecule has 0 saturated carbocycles. The van der Waals surface area contributed by atoms with Crippen LogP contribution in [-0.4, -0.2) is 29.0 Å². The Hall–Kier alpha value is -2.82. The van der Waals surface area contributed by atoms with Crippen LogP contribution >= 0.6 is 0 Å². The van der Waals surface area contributed by atoms with Crippen molar-refractivity contribution in [1.29, 1.82) is 0 Å². The molecule has 2 aromatic rings. The van der Waals surface area contributed by atoms with Crippen LogP contribution in [0.25, 0.3) is 0 Å². The van der Waals surface area contributed by atoms with Crippen LogP contribution in [0.15, 0.2) is 54.6 Å². The number of amides is 2. The van der Waals surface area contributed by atoms with E-state index in [0.29, 0.717) is 13.0 Å². The highest BCUT2D eigenvalue weighted by molar-refractivity contribution is 5.96. The lowest BCUT2D eigenvalue weighted by molar-refractivity contribution is -0.118. The number of likely N-dealkylation sites (tertiary alicyclic amines) is 1. The number of fused-ring (bicyclic) bond motifs is 2. The monoisotopic (exact) mass is 378 g/mol. The molecule has 2 amide bonds. The number of anilines is 1. The Morgan fingerprint density at radius 1 is 1.11 bits per heavy atom. The van der Waals surface area contributed by atoms with Gasteiger partial charge in [0.1, 0.15) is 5.60 Å². The summed E-state index contributed by atoms with van der Waals surface area (Å²) in [6.07, 6.45) is 0.737. The molecule has 1 spiro atoms. The molecule has 5 nitrogen and oxygen atoms in total. The van der Waals surface area contributed by atoms with Gasteiger partial charge >= 0.3 is 6.09 Å². The summed E-state index contributed by atoms with van der Waals surface area (Å²) >= 11 is 0. The minimum atomic E-state index is -0.573. The number of benzene rings is 2. The normalized spacial score (nSPS) is 24.0. The number of ether oxygens (including phenoxy) is 1. The largest absolute Gasteiger partial charge is 0.444 e. The molecule has 2 aliphatic heterocycles. The van der Waals surface area contributed by atoms with E-state index in [-0.39, 0.29) is 18.0 Å². The van der Waals surface area contributed by atoms with Crippen molar-refractivity contribution < 1.29 is 14.3 Å². The van der Waals surface area contributed by atoms with E-state index in [2.05, 4.69) is 11.4 Å². The van der Waals surface area contributed by atoms with Crippen LogP contribution in [-0.2, 0) is 14.9 Å². The van der Waals surface area contributed by atoms with Crippen molar-refractivity contribution in [2.24, 2.45) is 0 Å². The number of hydrogen-bond donors (Lipinski definition) is 1. The Morgan fingerprint density at radius 2 is 1.79 bits per heavy atom. The van der Waals surface area contributed by atoms with Crippen molar-refractivity contribution in [3.05, 3.63) is 65.7 Å². The van der Waals surface area contributed by atoms with Gasteiger partial charge in [-0.1, -0.05) is 48.5 Å². The molecular weight excluding hydrogens is 352 g/mol. The third-order valence-electron chi connectivity index (χ3n) is 5.59. The summed E-state index contributed by atoms with van der Waals surface area (Å²) in [6, 6.07) is 17.7. The molecule has 2 unspecified atom stereocenters. The van der Waals surface area contributed by atoms with Crippen LogP contribution in [0.2, 0.25) is 0 Å². The van der Waals surface area contributed by atoms with E-state index in [0.717, 1.165) is 23.2 Å². The lowest BCUT2D eigenvalue weighted by Gasteiger charge is -2.42. The van der Waals surface area contributed by atoms with Crippen molar-refractivity contribution in [3.63, 3.8) is 0 Å². The Labute approximate surface area is 165 Å². The van der Waals surface area contributed by atoms with Gasteiger partial charge in [-0.2, -0.15) is 0 Å². The molecule has 2 aliphatic rings. The first-order chi connectivity index (χ1) is 13.3. The minimum absolute atomic E-state index is 0.00864. The summed E-state index contributed by atoms with van der Waals surface area (Å²) in [5.41, 5.74) is 1.92. The quantitative estimate of drug-likeness (QED) is 0.786. The zero-order valence-electron chi connectivity index (χ0n) is 16.6. The maximum absolute atomic E-state index is 13.1. The average molecular weight is 378 g/mol. The number of para-hydroxylation sites is 1. The van der Waals surface area contributed by atoms with Gasteiger partial charge in [0.05, 0.1) is 6.04 Å². The van der Waals surface area contributed by atoms with Gasteiger partial charge < -0.3 is 15.0 Å². The highest BCUT2D eigenvalue weighted by Gasteiger charge is 2.55. The molecular formula is C23H26N2O3. The van der Waals surface area contributed by atoms with E-state index in [9.17, 15) is 9.59 Å². The second kappa shape index (κ2) is 6.66. The number of nitrogens with zero attached hydrogens (tertiary/aromatic N) is 1. The van der Waals surface area contributed by atoms with Crippen LogP contribution in [0.1, 0.15) is 50.8 Å². The number of carbonyl (C=O) groups excluding carboxylic acids is 2. The third-order valence-corrected chi connectivity index (χ3v) is 5.59. The molecule has 1 N–H and O–H groups in total. The summed E-state index contributed by atoms with van der Waals surface area (Å²) in [5.74, 6) is -0.00864. The van der Waals surface area contributed by atoms with Gasteiger partial charge in [0.2, 0.25) is 5.91 Å². The standard InChI is InChI=1S/C23H26N2O3/c1-22(2,3)28-21(27)25-14-13-23(20(25)16-9-5-4-6-10-16)15-19(26)24-18-12-8-7-11-17(18)23/h4-12,20H,13-15H2,1-3H3,(H,24,26). The van der Waals surface area contributed by atoms with E-state index in [1.54, 1.807) is 4.90 Å². The molecule has 1 fully saturated rings. The first-order valence-corrected chi connectivity index (χ1v) is 9.74. The van der Waals surface area contributed by atoms with E-state index >= 15 is 0 Å². The number of rotatable bonds is 1. The fourth-order valence-corrected chi connectivity index (χ4v) is 4.61. The van der Waals surface area contributed by atoms with E-state index in [1.165, 1.54) is 0 Å². The topological polar surface area (TPSA) is 58.6 Å². The Morgan fingerprint density at radius 3 is 2.50 bits per heavy atom. The van der Waals surface area contributed by atoms with Crippen molar-refractivity contribution in [2.45, 2.75) is 50.7 Å². The molecule has 146 valence electrons. The van der Waals surface area contributed by atoms with E-state index in [1.807, 2.05) is 69.3 Å². The van der Waals surface area contributed by atoms with Gasteiger partial charge in [-0.25, -0.2) is 4.79 Å². The number of nitrogens with one attached hydrogen (secondary N) is 1. The van der Waals surface area contributed by atoms with Gasteiger partial charge in [-0.15, -0.1) is 0 Å². The highest BCUT2D eigenvalue weighted by Crippen LogP contribution is 2.55. The van der Waals surface area contributed by atoms with Crippen LogP contribution in [0.3, 0.4) is 0 Å². The summed E-state index contributed by atoms with van der Waals surface area (Å²) in [5, 5.41) is 2.99. The number of hydrogen-bond acceptors (Lipinski definition) is 3. The minimum Gasteiger partial charge on any atom is -0.444 e. The Kier molecular flexibility index (Phi) is 4.41. The van der Waals surface area contributed by atoms with Gasteiger partial charge in [-0.3, -0.25) is 4.79 Å². The second-order valence-corrected chi connectivity index (χ2v) is 8.66. The van der Waals surface area contributed by atoms with Crippen LogP contribution < -0.4 is 5.32 Å². The Balaban J connectivity index is 1.84. The molecule has 0 aromatic heterocycles. The zero-order chi connectivity index (χ0) is 19.9. The number of carbonyl (C=O) groups is 2. The molecule has 28 heavy (non-hydrogen) atoms. The summed E-state index contributed by atoms with van der Waals surface area (Å²) in [4.78, 5) is 27.5. The molecule has 2 aromatic carbocycles. The lowest BCUT2D eigenvalue weighted by Crippen LogP contribution is -2.44. The molecule has 2 heterocycles. The lowest BCUT2D eigenvalue weighted by atomic mass is 9.67. The van der Waals surface area contributed by atoms with E-state index < -0.39 is 11.0 Å². The first-order valence-electron chi connectivity index (χ1n) is 9.74. The molecule has 0 radical (unpaired) electrons. The predicted octanol–water partition coefficient (Wildman–Crippen LogP) is 4.65. The highest BCUT2D eigenvalue weighted by atomic mass is 16.6. The molecule has 0 bridgehead atoms. The van der Waals surface area contributed by atoms with Gasteiger partial charge in [0.15, 0.2) is 0 Å². The predicted molar refractivity (Wildman–Crippen MR) is 108 cm³/mol. The molecule has 2 atom stereocenters. The zero-order valence-corrected chi connectivity index (χ0v) is 16.6. The summed E-state index contributed by atoms with van der Waals surface area (Å²) in [6.45, 7) is 6.17. The SMILES string of the molecule is CC(C)(C)OC(=O)N1CCC2(CC(=O)Nc3ccccc32)C1c1ccccc1. The molecule has 4 rings (SSSR count). The average Bonchev–Trinajstić information content (AvgIpc) is 3.00. The second-order valence-electron chi connectivity index (χ2n) is 8.66. The molecule has 0 aliphatic carbocycles. The molecule has 5 heteroatoms. The summed E-state index contributed by atoms with van der Waals surface area (Å²) < 4.78 is 5.71. The van der Waals surface area contributed by atoms with Crippen LogP contribution in [0.4, 0.5) is 10.5 Å². The smallest absolute Gasteiger partial charge is 0.410 e. The van der Waals surface area contributed by atoms with Gasteiger partial charge in [0, 0.05) is 24.1 Å². The fraction of sp³-hybridized carbons (Fsp3) is 0.391. The maximum Gasteiger partial charge on any atom is 0.410 e. The van der Waals surface area contributed by atoms with Crippen molar-refractivity contribution in [3.8, 4) is 0 Å². The fourth-order valence-electron chi connectivity index (χ4n) is 4.61. The maximum atomic E-state index is 13.1. The van der Waals surface area contributed by atoms with E-state index in [4.69, 9.17) is 4.74 Å². The first kappa shape index (κ1) is 18.5. The summed E-state index contributed by atoms with van der Waals surface area (Å²) in [7, 11) is 0. The van der Waals surface area contributed by atoms with Gasteiger partial charge in [0.25, 0.3) is 0 Å². The van der Waals surface area contributed by atoms with Crippen LogP contribution in [0.5, 0.6) is 0 Å². The van der Waals surface area contributed by atoms with Crippen molar-refractivity contribution in [2.75, 3.05) is 11.9 Å². The van der Waals surface area contributed by atoms with Crippen molar-refractivity contribution >= 4 is 17.7 Å². The Bertz CT molecular complexity index is 904.